The molecule has 0 bridgehead atoms. The van der Waals surface area contributed by atoms with Gasteiger partial charge in [-0.05, 0) is 61.4 Å². The molecule has 6 heteroatoms. The molecule has 0 aromatic heterocycles. The molecule has 0 saturated heterocycles. The van der Waals surface area contributed by atoms with Gasteiger partial charge in [-0.15, -0.1) is 0 Å². The van der Waals surface area contributed by atoms with E-state index in [4.69, 9.17) is 9.05 Å². The van der Waals surface area contributed by atoms with Crippen molar-refractivity contribution in [1.29, 1.82) is 0 Å². The van der Waals surface area contributed by atoms with Gasteiger partial charge in [-0.25, -0.2) is 9.05 Å². The first-order chi connectivity index (χ1) is 12.7. The summed E-state index contributed by atoms with van der Waals surface area (Å²) in [6, 6.07) is 14.8. The fraction of sp³-hybridized carbons (Fsp3) is 0.400. The van der Waals surface area contributed by atoms with Crippen LogP contribution in [-0.4, -0.2) is 13.1 Å². The van der Waals surface area contributed by atoms with Crippen molar-refractivity contribution in [1.82, 2.24) is 0 Å². The number of hydrogen-bond donors (Lipinski definition) is 2. The molecule has 0 spiro atoms. The van der Waals surface area contributed by atoms with Gasteiger partial charge in [0.1, 0.15) is 0 Å². The highest BCUT2D eigenvalue weighted by molar-refractivity contribution is 7.34. The lowest BCUT2D eigenvalue weighted by Gasteiger charge is -2.05. The van der Waals surface area contributed by atoms with Crippen LogP contribution in [0.5, 0.6) is 11.5 Å². The fourth-order valence-electron chi connectivity index (χ4n) is 2.28. The molecule has 2 N–H and O–H groups in total. The smallest absolute Gasteiger partial charge is 0.385 e. The number of nitrogens with one attached hydrogen (secondary N) is 2. The van der Waals surface area contributed by atoms with E-state index in [1.54, 1.807) is 24.3 Å². The predicted molar refractivity (Wildman–Crippen MR) is 109 cm³/mol. The average molecular weight is 375 g/mol. The van der Waals surface area contributed by atoms with E-state index in [9.17, 15) is 4.57 Å². The van der Waals surface area contributed by atoms with Gasteiger partial charge in [0.15, 0.2) is 11.5 Å². The van der Waals surface area contributed by atoms with E-state index in [-0.39, 0.29) is 0 Å². The van der Waals surface area contributed by atoms with E-state index in [0.717, 1.165) is 50.1 Å². The summed E-state index contributed by atoms with van der Waals surface area (Å²) in [5.41, 5.74) is 2.04. The maximum atomic E-state index is 12.0. The van der Waals surface area contributed by atoms with Crippen LogP contribution < -0.4 is 19.7 Å². The molecule has 0 amide bonds. The quantitative estimate of drug-likeness (QED) is 0.340. The zero-order valence-corrected chi connectivity index (χ0v) is 16.4. The Balaban J connectivity index is 1.78. The molecule has 0 radical (unpaired) electrons. The summed E-state index contributed by atoms with van der Waals surface area (Å²) in [6.45, 7) is 6.20. The monoisotopic (exact) mass is 375 g/mol. The normalized spacial score (nSPS) is 10.2. The van der Waals surface area contributed by atoms with Crippen molar-refractivity contribution in [3.8, 4) is 11.5 Å². The molecule has 0 aliphatic heterocycles. The van der Waals surface area contributed by atoms with Gasteiger partial charge >= 0.3 is 8.25 Å². The number of hydrogen-bond acceptors (Lipinski definition) is 5. The SMILES string of the molecule is CCCCNc1ccc(O[P+](=O)Oc2ccc(NCCCC)cc2)cc1. The minimum absolute atomic E-state index is 0.519. The van der Waals surface area contributed by atoms with Crippen LogP contribution in [0.1, 0.15) is 39.5 Å². The van der Waals surface area contributed by atoms with Crippen molar-refractivity contribution in [3.63, 3.8) is 0 Å². The largest absolute Gasteiger partial charge is 0.805 e. The lowest BCUT2D eigenvalue weighted by molar-refractivity contribution is 0.415. The Bertz CT molecular complexity index is 602. The number of anilines is 2. The molecular formula is C20H28N2O3P+. The van der Waals surface area contributed by atoms with Crippen molar-refractivity contribution < 1.29 is 13.6 Å². The Morgan fingerprint density at radius 3 is 1.46 bits per heavy atom. The standard InChI is InChI=1S/C20H28N2O3P/c1-3-5-15-21-17-7-11-19(12-8-17)24-26(23)25-20-13-9-18(10-14-20)22-16-6-4-2/h7-14,21-22H,3-6,15-16H2,1-2H3/q+1. The van der Waals surface area contributed by atoms with Crippen molar-refractivity contribution >= 4 is 19.6 Å². The average Bonchev–Trinajstić information content (AvgIpc) is 2.65. The first-order valence-electron chi connectivity index (χ1n) is 9.22. The minimum Gasteiger partial charge on any atom is -0.385 e. The lowest BCUT2D eigenvalue weighted by Crippen LogP contribution is -2.00. The third-order valence-electron chi connectivity index (χ3n) is 3.79. The summed E-state index contributed by atoms with van der Waals surface area (Å²) in [5.74, 6) is 1.04. The molecule has 0 fully saturated rings. The topological polar surface area (TPSA) is 59.6 Å². The van der Waals surface area contributed by atoms with Gasteiger partial charge in [-0.1, -0.05) is 26.7 Å². The molecule has 0 aliphatic carbocycles. The molecule has 0 atom stereocenters. The van der Waals surface area contributed by atoms with Crippen molar-refractivity contribution in [2.24, 2.45) is 0 Å². The molecule has 0 heterocycles. The van der Waals surface area contributed by atoms with Gasteiger partial charge in [0, 0.05) is 29.0 Å². The Kier molecular flexibility index (Phi) is 8.77. The van der Waals surface area contributed by atoms with E-state index in [2.05, 4.69) is 24.5 Å². The summed E-state index contributed by atoms with van der Waals surface area (Å²) in [4.78, 5) is 0. The zero-order valence-electron chi connectivity index (χ0n) is 15.5. The van der Waals surface area contributed by atoms with Crippen LogP contribution >= 0.6 is 8.25 Å². The van der Waals surface area contributed by atoms with E-state index >= 15 is 0 Å². The Morgan fingerprint density at radius 2 is 1.12 bits per heavy atom. The fourth-order valence-corrected chi connectivity index (χ4v) is 2.90. The van der Waals surface area contributed by atoms with Crippen molar-refractivity contribution in [2.75, 3.05) is 23.7 Å². The van der Waals surface area contributed by atoms with Gasteiger partial charge in [-0.3, -0.25) is 0 Å². The minimum atomic E-state index is -2.27. The summed E-state index contributed by atoms with van der Waals surface area (Å²) in [6.07, 6.45) is 4.57. The van der Waals surface area contributed by atoms with Gasteiger partial charge in [0.25, 0.3) is 0 Å². The summed E-state index contributed by atoms with van der Waals surface area (Å²) in [5, 5.41) is 6.65. The van der Waals surface area contributed by atoms with Gasteiger partial charge in [-0.2, -0.15) is 0 Å². The molecule has 140 valence electrons. The Morgan fingerprint density at radius 1 is 0.731 bits per heavy atom. The maximum Gasteiger partial charge on any atom is 0.805 e. The Labute approximate surface area is 157 Å². The van der Waals surface area contributed by atoms with Crippen LogP contribution in [0.4, 0.5) is 11.4 Å². The van der Waals surface area contributed by atoms with Gasteiger partial charge in [0.05, 0.1) is 0 Å². The summed E-state index contributed by atoms with van der Waals surface area (Å²) < 4.78 is 22.8. The molecular weight excluding hydrogens is 347 g/mol. The number of rotatable bonds is 12. The second-order valence-corrected chi connectivity index (χ2v) is 6.83. The summed E-state index contributed by atoms with van der Waals surface area (Å²) >= 11 is 0. The molecule has 26 heavy (non-hydrogen) atoms. The van der Waals surface area contributed by atoms with E-state index in [1.807, 2.05) is 24.3 Å². The first-order valence-corrected chi connectivity index (χ1v) is 10.3. The van der Waals surface area contributed by atoms with E-state index in [1.165, 1.54) is 0 Å². The van der Waals surface area contributed by atoms with Crippen LogP contribution in [0.15, 0.2) is 48.5 Å². The van der Waals surface area contributed by atoms with Gasteiger partial charge in [0.2, 0.25) is 0 Å². The van der Waals surface area contributed by atoms with Crippen molar-refractivity contribution in [2.45, 2.75) is 39.5 Å². The number of unbranched alkanes of at least 4 members (excludes halogenated alkanes) is 2. The summed E-state index contributed by atoms with van der Waals surface area (Å²) in [7, 11) is -2.27. The highest BCUT2D eigenvalue weighted by atomic mass is 31.1. The van der Waals surface area contributed by atoms with Crippen LogP contribution in [0.25, 0.3) is 0 Å². The highest BCUT2D eigenvalue weighted by Crippen LogP contribution is 2.31. The molecule has 5 nitrogen and oxygen atoms in total. The van der Waals surface area contributed by atoms with Crippen LogP contribution in [-0.2, 0) is 4.57 Å². The van der Waals surface area contributed by atoms with Crippen LogP contribution in [0, 0.1) is 0 Å². The van der Waals surface area contributed by atoms with Crippen molar-refractivity contribution in [3.05, 3.63) is 48.5 Å². The third kappa shape index (κ3) is 7.32. The molecule has 2 rings (SSSR count). The van der Waals surface area contributed by atoms with E-state index in [0.29, 0.717) is 11.5 Å². The van der Waals surface area contributed by atoms with Gasteiger partial charge < -0.3 is 10.6 Å². The maximum absolute atomic E-state index is 12.0. The van der Waals surface area contributed by atoms with E-state index < -0.39 is 8.25 Å². The lowest BCUT2D eigenvalue weighted by atomic mass is 10.3. The first kappa shape index (κ1) is 20.1. The van der Waals surface area contributed by atoms with Crippen LogP contribution in [0.2, 0.25) is 0 Å². The molecule has 0 saturated carbocycles. The molecule has 0 unspecified atom stereocenters. The Hall–Kier alpha value is -2.26. The van der Waals surface area contributed by atoms with Crippen LogP contribution in [0.3, 0.4) is 0 Å². The third-order valence-corrected chi connectivity index (χ3v) is 4.51. The second kappa shape index (κ2) is 11.4. The number of benzene rings is 2. The zero-order chi connectivity index (χ0) is 18.6. The molecule has 0 aliphatic rings. The highest BCUT2D eigenvalue weighted by Gasteiger charge is 2.24. The molecule has 2 aromatic carbocycles. The molecule has 2 aromatic rings. The second-order valence-electron chi connectivity index (χ2n) is 6.02. The predicted octanol–water partition coefficient (Wildman–Crippen LogP) is 6.23.